The highest BCUT2D eigenvalue weighted by molar-refractivity contribution is 5.81. The zero-order valence-corrected chi connectivity index (χ0v) is 11.4. The summed E-state index contributed by atoms with van der Waals surface area (Å²) >= 11 is 0. The lowest BCUT2D eigenvalue weighted by molar-refractivity contribution is -0.0668. The van der Waals surface area contributed by atoms with Crippen LogP contribution in [0.15, 0.2) is 4.99 Å². The lowest BCUT2D eigenvalue weighted by Crippen LogP contribution is -2.72. The SMILES string of the molecule is CN=C(NCCOC)N1CC(C)(C)C1(C)C. The maximum Gasteiger partial charge on any atom is 0.194 e. The van der Waals surface area contributed by atoms with Gasteiger partial charge in [-0.1, -0.05) is 13.8 Å². The molecule has 0 aromatic carbocycles. The van der Waals surface area contributed by atoms with Crippen LogP contribution in [-0.2, 0) is 4.74 Å². The van der Waals surface area contributed by atoms with E-state index < -0.39 is 0 Å². The van der Waals surface area contributed by atoms with Crippen LogP contribution in [0, 0.1) is 5.41 Å². The van der Waals surface area contributed by atoms with Crippen molar-refractivity contribution < 1.29 is 4.74 Å². The summed E-state index contributed by atoms with van der Waals surface area (Å²) in [7, 11) is 3.54. The van der Waals surface area contributed by atoms with Gasteiger partial charge in [-0.15, -0.1) is 0 Å². The predicted octanol–water partition coefficient (Wildman–Crippen LogP) is 1.33. The molecule has 0 bridgehead atoms. The molecule has 4 nitrogen and oxygen atoms in total. The van der Waals surface area contributed by atoms with Crippen LogP contribution in [0.25, 0.3) is 0 Å². The second kappa shape index (κ2) is 4.62. The molecule has 16 heavy (non-hydrogen) atoms. The van der Waals surface area contributed by atoms with Crippen molar-refractivity contribution in [2.24, 2.45) is 10.4 Å². The second-order valence-corrected chi connectivity index (χ2v) is 5.50. The number of ether oxygens (including phenoxy) is 1. The highest BCUT2D eigenvalue weighted by atomic mass is 16.5. The number of aliphatic imine (C=N–C) groups is 1. The molecule has 1 N–H and O–H groups in total. The Bertz CT molecular complexity index is 271. The Morgan fingerprint density at radius 2 is 2.00 bits per heavy atom. The van der Waals surface area contributed by atoms with E-state index >= 15 is 0 Å². The summed E-state index contributed by atoms with van der Waals surface area (Å²) in [6, 6.07) is 0. The van der Waals surface area contributed by atoms with Gasteiger partial charge in [-0.2, -0.15) is 0 Å². The van der Waals surface area contributed by atoms with Crippen molar-refractivity contribution in [2.75, 3.05) is 33.9 Å². The molecule has 0 saturated carbocycles. The van der Waals surface area contributed by atoms with Gasteiger partial charge in [0.15, 0.2) is 5.96 Å². The summed E-state index contributed by atoms with van der Waals surface area (Å²) in [5, 5.41) is 3.32. The third-order valence-corrected chi connectivity index (χ3v) is 3.94. The normalized spacial score (nSPS) is 22.9. The highest BCUT2D eigenvalue weighted by Crippen LogP contribution is 2.46. The number of methoxy groups -OCH3 is 1. The van der Waals surface area contributed by atoms with Gasteiger partial charge in [0.1, 0.15) is 0 Å². The Hall–Kier alpha value is -0.770. The Morgan fingerprint density at radius 3 is 2.38 bits per heavy atom. The number of guanidine groups is 1. The van der Waals surface area contributed by atoms with Crippen molar-refractivity contribution in [3.63, 3.8) is 0 Å². The minimum absolute atomic E-state index is 0.155. The first-order valence-corrected chi connectivity index (χ1v) is 5.84. The average Bonchev–Trinajstić information content (AvgIpc) is 2.22. The zero-order chi connectivity index (χ0) is 12.4. The number of hydrogen-bond acceptors (Lipinski definition) is 2. The van der Waals surface area contributed by atoms with Gasteiger partial charge in [0.05, 0.1) is 6.61 Å². The minimum atomic E-state index is 0.155. The fourth-order valence-electron chi connectivity index (χ4n) is 1.96. The molecule has 1 heterocycles. The average molecular weight is 227 g/mol. The monoisotopic (exact) mass is 227 g/mol. The van der Waals surface area contributed by atoms with Gasteiger partial charge in [0, 0.05) is 38.2 Å². The topological polar surface area (TPSA) is 36.9 Å². The number of nitrogens with one attached hydrogen (secondary N) is 1. The fraction of sp³-hybridized carbons (Fsp3) is 0.917. The summed E-state index contributed by atoms with van der Waals surface area (Å²) < 4.78 is 5.03. The van der Waals surface area contributed by atoms with E-state index in [0.717, 1.165) is 19.0 Å². The van der Waals surface area contributed by atoms with Gasteiger partial charge in [-0.05, 0) is 13.8 Å². The van der Waals surface area contributed by atoms with Crippen molar-refractivity contribution in [2.45, 2.75) is 33.2 Å². The smallest absolute Gasteiger partial charge is 0.194 e. The molecule has 1 fully saturated rings. The van der Waals surface area contributed by atoms with E-state index in [9.17, 15) is 0 Å². The lowest BCUT2D eigenvalue weighted by Gasteiger charge is -2.62. The van der Waals surface area contributed by atoms with Crippen LogP contribution in [0.5, 0.6) is 0 Å². The number of likely N-dealkylation sites (tertiary alicyclic amines) is 1. The molecule has 4 heteroatoms. The van der Waals surface area contributed by atoms with E-state index in [1.54, 1.807) is 7.11 Å². The maximum absolute atomic E-state index is 5.03. The summed E-state index contributed by atoms with van der Waals surface area (Å²) in [6.07, 6.45) is 0. The minimum Gasteiger partial charge on any atom is -0.383 e. The molecule has 1 aliphatic heterocycles. The van der Waals surface area contributed by atoms with Crippen molar-refractivity contribution in [3.05, 3.63) is 0 Å². The quantitative estimate of drug-likeness (QED) is 0.449. The fourth-order valence-corrected chi connectivity index (χ4v) is 1.96. The molecule has 0 amide bonds. The van der Waals surface area contributed by atoms with Gasteiger partial charge >= 0.3 is 0 Å². The second-order valence-electron chi connectivity index (χ2n) is 5.50. The Kier molecular flexibility index (Phi) is 3.84. The van der Waals surface area contributed by atoms with E-state index in [2.05, 4.69) is 42.9 Å². The lowest BCUT2D eigenvalue weighted by atomic mass is 9.65. The van der Waals surface area contributed by atoms with Crippen LogP contribution in [0.4, 0.5) is 0 Å². The van der Waals surface area contributed by atoms with E-state index in [4.69, 9.17) is 4.74 Å². The molecule has 1 aliphatic rings. The maximum atomic E-state index is 5.03. The molecule has 0 aromatic heterocycles. The highest BCUT2D eigenvalue weighted by Gasteiger charge is 2.53. The van der Waals surface area contributed by atoms with Crippen molar-refractivity contribution in [1.29, 1.82) is 0 Å². The first-order chi connectivity index (χ1) is 7.36. The van der Waals surface area contributed by atoms with Gasteiger partial charge in [0.25, 0.3) is 0 Å². The van der Waals surface area contributed by atoms with Crippen molar-refractivity contribution in [1.82, 2.24) is 10.2 Å². The largest absolute Gasteiger partial charge is 0.383 e. The molecular weight excluding hydrogens is 202 g/mol. The molecule has 0 unspecified atom stereocenters. The number of rotatable bonds is 3. The van der Waals surface area contributed by atoms with Crippen LogP contribution in [-0.4, -0.2) is 50.3 Å². The van der Waals surface area contributed by atoms with Crippen LogP contribution in [0.3, 0.4) is 0 Å². The van der Waals surface area contributed by atoms with Crippen LogP contribution in [0.2, 0.25) is 0 Å². The molecule has 0 spiro atoms. The molecular formula is C12H25N3O. The standard InChI is InChI=1S/C12H25N3O/c1-11(2)9-15(12(11,3)4)10(13-5)14-7-8-16-6/h7-9H2,1-6H3,(H,13,14). The summed E-state index contributed by atoms with van der Waals surface area (Å²) in [4.78, 5) is 6.64. The third kappa shape index (κ3) is 2.17. The molecule has 1 saturated heterocycles. The van der Waals surface area contributed by atoms with Gasteiger partial charge < -0.3 is 15.0 Å². The summed E-state index contributed by atoms with van der Waals surface area (Å²) in [5.74, 6) is 0.973. The predicted molar refractivity (Wildman–Crippen MR) is 67.8 cm³/mol. The molecule has 0 atom stereocenters. The zero-order valence-electron chi connectivity index (χ0n) is 11.4. The molecule has 94 valence electrons. The van der Waals surface area contributed by atoms with Gasteiger partial charge in [0.2, 0.25) is 0 Å². The van der Waals surface area contributed by atoms with Gasteiger partial charge in [-0.25, -0.2) is 0 Å². The van der Waals surface area contributed by atoms with E-state index in [1.807, 2.05) is 7.05 Å². The van der Waals surface area contributed by atoms with E-state index in [0.29, 0.717) is 12.0 Å². The van der Waals surface area contributed by atoms with Crippen molar-refractivity contribution in [3.8, 4) is 0 Å². The molecule has 0 radical (unpaired) electrons. The first-order valence-electron chi connectivity index (χ1n) is 5.84. The first kappa shape index (κ1) is 13.3. The van der Waals surface area contributed by atoms with E-state index in [1.165, 1.54) is 0 Å². The van der Waals surface area contributed by atoms with E-state index in [-0.39, 0.29) is 5.54 Å². The Labute approximate surface area is 99.1 Å². The molecule has 0 aliphatic carbocycles. The van der Waals surface area contributed by atoms with Gasteiger partial charge in [-0.3, -0.25) is 4.99 Å². The number of nitrogens with zero attached hydrogens (tertiary/aromatic N) is 2. The number of hydrogen-bond donors (Lipinski definition) is 1. The van der Waals surface area contributed by atoms with Crippen LogP contribution in [0.1, 0.15) is 27.7 Å². The van der Waals surface area contributed by atoms with Crippen LogP contribution >= 0.6 is 0 Å². The Morgan fingerprint density at radius 1 is 1.38 bits per heavy atom. The molecule has 0 aromatic rings. The molecule has 1 rings (SSSR count). The van der Waals surface area contributed by atoms with Crippen molar-refractivity contribution >= 4 is 5.96 Å². The third-order valence-electron chi connectivity index (χ3n) is 3.94. The van der Waals surface area contributed by atoms with Crippen LogP contribution < -0.4 is 5.32 Å². The summed E-state index contributed by atoms with van der Waals surface area (Å²) in [6.45, 7) is 11.7. The summed E-state index contributed by atoms with van der Waals surface area (Å²) in [5.41, 5.74) is 0.494. The Balaban J connectivity index is 2.58.